The van der Waals surface area contributed by atoms with Crippen molar-refractivity contribution in [3.05, 3.63) is 51.9 Å². The van der Waals surface area contributed by atoms with Crippen LogP contribution in [0, 0.1) is 6.92 Å². The maximum atomic E-state index is 12.4. The molecule has 2 rings (SSSR count). The number of hydrogen-bond acceptors (Lipinski definition) is 4. The zero-order chi connectivity index (χ0) is 18.4. The molecule has 0 aliphatic rings. The highest BCUT2D eigenvalue weighted by atomic mass is 35.5. The molecule has 1 heterocycles. The molecule has 0 aliphatic carbocycles. The largest absolute Gasteiger partial charge is 0.494 e. The van der Waals surface area contributed by atoms with Crippen LogP contribution in [0.1, 0.15) is 34.2 Å². The summed E-state index contributed by atoms with van der Waals surface area (Å²) in [4.78, 5) is 23.2. The van der Waals surface area contributed by atoms with Crippen LogP contribution in [0.5, 0.6) is 5.75 Å². The average molecular weight is 366 g/mol. The molecule has 1 amide bonds. The van der Waals surface area contributed by atoms with Crippen molar-refractivity contribution in [1.29, 1.82) is 0 Å². The Kier molecular flexibility index (Phi) is 6.47. The van der Waals surface area contributed by atoms with Crippen molar-refractivity contribution in [2.24, 2.45) is 0 Å². The van der Waals surface area contributed by atoms with Gasteiger partial charge >= 0.3 is 5.97 Å². The van der Waals surface area contributed by atoms with Crippen LogP contribution in [0.25, 0.3) is 0 Å². The van der Waals surface area contributed by atoms with E-state index in [0.29, 0.717) is 30.2 Å². The second kappa shape index (κ2) is 8.58. The zero-order valence-electron chi connectivity index (χ0n) is 14.1. The van der Waals surface area contributed by atoms with E-state index in [9.17, 15) is 9.59 Å². The van der Waals surface area contributed by atoms with Crippen LogP contribution >= 0.6 is 11.6 Å². The molecule has 0 spiro atoms. The highest BCUT2D eigenvalue weighted by molar-refractivity contribution is 6.30. The predicted molar refractivity (Wildman–Crippen MR) is 93.4 cm³/mol. The van der Waals surface area contributed by atoms with E-state index in [-0.39, 0.29) is 23.7 Å². The lowest BCUT2D eigenvalue weighted by atomic mass is 10.1. The Hall–Kier alpha value is -2.47. The first-order valence-electron chi connectivity index (χ1n) is 7.90. The fourth-order valence-corrected chi connectivity index (χ4v) is 2.70. The number of benzene rings is 1. The Bertz CT molecular complexity index is 769. The average Bonchev–Trinajstić information content (AvgIpc) is 2.89. The van der Waals surface area contributed by atoms with E-state index in [2.05, 4.69) is 5.32 Å². The van der Waals surface area contributed by atoms with Crippen molar-refractivity contribution in [2.75, 3.05) is 13.2 Å². The quantitative estimate of drug-likeness (QED) is 0.749. The van der Waals surface area contributed by atoms with E-state index in [1.807, 2.05) is 6.92 Å². The molecule has 1 aromatic carbocycles. The first kappa shape index (κ1) is 18.9. The third-order valence-electron chi connectivity index (χ3n) is 3.59. The van der Waals surface area contributed by atoms with Crippen molar-refractivity contribution < 1.29 is 23.8 Å². The van der Waals surface area contributed by atoms with E-state index >= 15 is 0 Å². The third-order valence-corrected chi connectivity index (χ3v) is 3.83. The van der Waals surface area contributed by atoms with Gasteiger partial charge < -0.3 is 19.6 Å². The number of aryl methyl sites for hydroxylation is 1. The van der Waals surface area contributed by atoms with Crippen LogP contribution in [0.3, 0.4) is 0 Å². The summed E-state index contributed by atoms with van der Waals surface area (Å²) in [5.41, 5.74) is 1.77. The molecule has 6 nitrogen and oxygen atoms in total. The molecule has 0 bridgehead atoms. The van der Waals surface area contributed by atoms with Gasteiger partial charge in [0, 0.05) is 17.1 Å². The van der Waals surface area contributed by atoms with Gasteiger partial charge in [0.2, 0.25) is 0 Å². The molecule has 0 saturated carbocycles. The molecule has 0 atom stereocenters. The number of carboxylic acid groups (broad SMARTS) is 1. The number of hydrogen-bond donors (Lipinski definition) is 2. The van der Waals surface area contributed by atoms with Gasteiger partial charge in [-0.05, 0) is 44.0 Å². The molecule has 0 saturated heterocycles. The van der Waals surface area contributed by atoms with Gasteiger partial charge in [-0.2, -0.15) is 0 Å². The molecule has 2 aromatic rings. The number of ether oxygens (including phenoxy) is 1. The van der Waals surface area contributed by atoms with E-state index in [4.69, 9.17) is 25.9 Å². The van der Waals surface area contributed by atoms with Gasteiger partial charge in [-0.25, -0.2) is 0 Å². The van der Waals surface area contributed by atoms with Crippen molar-refractivity contribution in [3.63, 3.8) is 0 Å². The van der Waals surface area contributed by atoms with Crippen LogP contribution in [0.2, 0.25) is 5.02 Å². The third kappa shape index (κ3) is 5.00. The molecule has 25 heavy (non-hydrogen) atoms. The molecule has 1 aromatic heterocycles. The minimum absolute atomic E-state index is 0.153. The van der Waals surface area contributed by atoms with E-state index < -0.39 is 5.97 Å². The standard InChI is InChI=1S/C18H20ClNO5/c1-3-24-14-5-4-13(19)8-12(14)6-7-20-18(23)17-11(2)10-25-15(17)9-16(21)22/h4-5,8,10H,3,6-7,9H2,1-2H3,(H,20,23)(H,21,22). The summed E-state index contributed by atoms with van der Waals surface area (Å²) in [6, 6.07) is 5.35. The summed E-state index contributed by atoms with van der Waals surface area (Å²) in [5, 5.41) is 12.3. The number of carbonyl (C=O) groups is 2. The Morgan fingerprint density at radius 3 is 2.80 bits per heavy atom. The molecule has 0 radical (unpaired) electrons. The van der Waals surface area contributed by atoms with Crippen molar-refractivity contribution in [1.82, 2.24) is 5.32 Å². The van der Waals surface area contributed by atoms with E-state index in [1.54, 1.807) is 25.1 Å². The van der Waals surface area contributed by atoms with Crippen molar-refractivity contribution >= 4 is 23.5 Å². The smallest absolute Gasteiger partial charge is 0.311 e. The Morgan fingerprint density at radius 2 is 2.12 bits per heavy atom. The number of nitrogens with one attached hydrogen (secondary N) is 1. The number of furan rings is 1. The maximum Gasteiger partial charge on any atom is 0.311 e. The summed E-state index contributed by atoms with van der Waals surface area (Å²) >= 11 is 6.02. The van der Waals surface area contributed by atoms with Gasteiger partial charge in [0.05, 0.1) is 18.4 Å². The monoisotopic (exact) mass is 365 g/mol. The number of aliphatic carboxylic acids is 1. The van der Waals surface area contributed by atoms with Gasteiger partial charge in [0.25, 0.3) is 5.91 Å². The van der Waals surface area contributed by atoms with Crippen molar-refractivity contribution in [3.8, 4) is 5.75 Å². The number of halogens is 1. The summed E-state index contributed by atoms with van der Waals surface area (Å²) in [6.07, 6.45) is 1.59. The summed E-state index contributed by atoms with van der Waals surface area (Å²) in [6.45, 7) is 4.49. The van der Waals surface area contributed by atoms with Crippen molar-refractivity contribution in [2.45, 2.75) is 26.7 Å². The van der Waals surface area contributed by atoms with E-state index in [1.165, 1.54) is 6.26 Å². The van der Waals surface area contributed by atoms with Crippen LogP contribution in [0.15, 0.2) is 28.9 Å². The first-order valence-corrected chi connectivity index (χ1v) is 8.28. The lowest BCUT2D eigenvalue weighted by Gasteiger charge is -2.11. The first-order chi connectivity index (χ1) is 11.9. The molecular weight excluding hydrogens is 346 g/mol. The van der Waals surface area contributed by atoms with Gasteiger partial charge in [-0.3, -0.25) is 9.59 Å². The molecular formula is C18H20ClNO5. The molecule has 7 heteroatoms. The van der Waals surface area contributed by atoms with Crippen LogP contribution in [0.4, 0.5) is 0 Å². The fraction of sp³-hybridized carbons (Fsp3) is 0.333. The Morgan fingerprint density at radius 1 is 1.36 bits per heavy atom. The maximum absolute atomic E-state index is 12.4. The van der Waals surface area contributed by atoms with Gasteiger partial charge in [-0.1, -0.05) is 11.6 Å². The molecule has 2 N–H and O–H groups in total. The second-order valence-electron chi connectivity index (χ2n) is 5.48. The second-order valence-corrected chi connectivity index (χ2v) is 5.91. The molecule has 0 fully saturated rings. The normalized spacial score (nSPS) is 10.5. The number of carboxylic acids is 1. The molecule has 0 unspecified atom stereocenters. The SMILES string of the molecule is CCOc1ccc(Cl)cc1CCNC(=O)c1c(C)coc1CC(=O)O. The number of carbonyl (C=O) groups excluding carboxylic acids is 1. The minimum atomic E-state index is -1.05. The Balaban J connectivity index is 2.03. The zero-order valence-corrected chi connectivity index (χ0v) is 14.9. The van der Waals surface area contributed by atoms with Gasteiger partial charge in [-0.15, -0.1) is 0 Å². The number of rotatable bonds is 8. The van der Waals surface area contributed by atoms with Crippen LogP contribution in [-0.4, -0.2) is 30.1 Å². The predicted octanol–water partition coefficient (Wildman–Crippen LogP) is 3.24. The summed E-state index contributed by atoms with van der Waals surface area (Å²) in [7, 11) is 0. The highest BCUT2D eigenvalue weighted by Crippen LogP contribution is 2.23. The van der Waals surface area contributed by atoms with Gasteiger partial charge in [0.15, 0.2) is 0 Å². The molecule has 134 valence electrons. The topological polar surface area (TPSA) is 88.8 Å². The minimum Gasteiger partial charge on any atom is -0.494 e. The lowest BCUT2D eigenvalue weighted by molar-refractivity contribution is -0.136. The lowest BCUT2D eigenvalue weighted by Crippen LogP contribution is -2.27. The number of amides is 1. The highest BCUT2D eigenvalue weighted by Gasteiger charge is 2.20. The van der Waals surface area contributed by atoms with Crippen LogP contribution < -0.4 is 10.1 Å². The van der Waals surface area contributed by atoms with E-state index in [0.717, 1.165) is 11.3 Å². The summed E-state index contributed by atoms with van der Waals surface area (Å²) < 4.78 is 10.7. The fourth-order valence-electron chi connectivity index (χ4n) is 2.51. The van der Waals surface area contributed by atoms with Crippen LogP contribution in [-0.2, 0) is 17.6 Å². The Labute approximate surface area is 150 Å². The summed E-state index contributed by atoms with van der Waals surface area (Å²) in [5.74, 6) is -0.529. The molecule has 0 aliphatic heterocycles. The van der Waals surface area contributed by atoms with Gasteiger partial charge in [0.1, 0.15) is 17.9 Å².